The van der Waals surface area contributed by atoms with Crippen LogP contribution < -0.4 is 0 Å². The van der Waals surface area contributed by atoms with Crippen LogP contribution in [0, 0.1) is 0 Å². The summed E-state index contributed by atoms with van der Waals surface area (Å²) < 4.78 is 15.6. The lowest BCUT2D eigenvalue weighted by Crippen LogP contribution is -2.12. The molecule has 0 aliphatic heterocycles. The van der Waals surface area contributed by atoms with Crippen molar-refractivity contribution in [3.63, 3.8) is 0 Å². The van der Waals surface area contributed by atoms with Crippen LogP contribution in [0.3, 0.4) is 0 Å². The van der Waals surface area contributed by atoms with Gasteiger partial charge in [-0.05, 0) is 32.6 Å². The third kappa shape index (κ3) is 19.2. The number of carbonyl (C=O) groups excluding carboxylic acids is 1. The van der Waals surface area contributed by atoms with E-state index in [1.165, 1.54) is 44.9 Å². The maximum absolute atomic E-state index is 11.5. The zero-order valence-electron chi connectivity index (χ0n) is 15.9. The Balaban J connectivity index is 3.19. The number of carbonyl (C=O) groups is 1. The molecule has 0 fully saturated rings. The largest absolute Gasteiger partial charge is 0.463 e. The molecule has 4 heteroatoms. The van der Waals surface area contributed by atoms with E-state index in [4.69, 9.17) is 14.2 Å². The van der Waals surface area contributed by atoms with Gasteiger partial charge in [0.15, 0.2) is 0 Å². The summed E-state index contributed by atoms with van der Waals surface area (Å²) in [4.78, 5) is 11.5. The van der Waals surface area contributed by atoms with Crippen LogP contribution in [0.15, 0.2) is 12.2 Å². The third-order valence-electron chi connectivity index (χ3n) is 3.71. The molecule has 142 valence electrons. The first-order valence-corrected chi connectivity index (χ1v) is 9.77. The van der Waals surface area contributed by atoms with E-state index in [9.17, 15) is 4.79 Å². The van der Waals surface area contributed by atoms with Crippen LogP contribution in [0.1, 0.15) is 78.1 Å². The van der Waals surface area contributed by atoms with Crippen LogP contribution in [-0.4, -0.2) is 39.0 Å². The smallest absolute Gasteiger partial charge is 0.305 e. The predicted octanol–water partition coefficient (Wildman–Crippen LogP) is 5.06. The summed E-state index contributed by atoms with van der Waals surface area (Å²) in [6.45, 7) is 6.82. The van der Waals surface area contributed by atoms with E-state index in [0.29, 0.717) is 39.5 Å². The van der Waals surface area contributed by atoms with Crippen molar-refractivity contribution in [1.29, 1.82) is 0 Å². The minimum Gasteiger partial charge on any atom is -0.463 e. The Bertz CT molecular complexity index is 289. The second-order valence-corrected chi connectivity index (χ2v) is 5.95. The lowest BCUT2D eigenvalue weighted by atomic mass is 10.1. The molecule has 0 bridgehead atoms. The Morgan fingerprint density at radius 1 is 0.750 bits per heavy atom. The highest BCUT2D eigenvalue weighted by Gasteiger charge is 2.02. The fourth-order valence-electron chi connectivity index (χ4n) is 2.27. The lowest BCUT2D eigenvalue weighted by molar-refractivity contribution is -0.145. The van der Waals surface area contributed by atoms with Crippen LogP contribution in [0.4, 0.5) is 0 Å². The quantitative estimate of drug-likeness (QED) is 0.198. The molecule has 0 unspecified atom stereocenters. The molecule has 0 amide bonds. The Kier molecular flexibility index (Phi) is 19.4. The van der Waals surface area contributed by atoms with Gasteiger partial charge in [-0.2, -0.15) is 0 Å². The van der Waals surface area contributed by atoms with Crippen LogP contribution in [0.25, 0.3) is 0 Å². The van der Waals surface area contributed by atoms with E-state index < -0.39 is 0 Å². The molecule has 4 nitrogen and oxygen atoms in total. The minimum absolute atomic E-state index is 0.109. The monoisotopic (exact) mass is 342 g/mol. The number of hydrogen-bond donors (Lipinski definition) is 0. The molecule has 0 aliphatic carbocycles. The topological polar surface area (TPSA) is 44.8 Å². The van der Waals surface area contributed by atoms with Gasteiger partial charge in [-0.3, -0.25) is 4.79 Å². The van der Waals surface area contributed by atoms with E-state index >= 15 is 0 Å². The van der Waals surface area contributed by atoms with Gasteiger partial charge in [0.1, 0.15) is 6.61 Å². The van der Waals surface area contributed by atoms with E-state index in [-0.39, 0.29) is 5.97 Å². The van der Waals surface area contributed by atoms with E-state index in [1.54, 1.807) is 0 Å². The van der Waals surface area contributed by atoms with Gasteiger partial charge >= 0.3 is 5.97 Å². The Labute approximate surface area is 148 Å². The summed E-state index contributed by atoms with van der Waals surface area (Å²) >= 11 is 0. The average Bonchev–Trinajstić information content (AvgIpc) is 2.59. The Hall–Kier alpha value is -0.870. The number of esters is 1. The first-order valence-electron chi connectivity index (χ1n) is 9.77. The van der Waals surface area contributed by atoms with Crippen molar-refractivity contribution in [2.75, 3.05) is 33.0 Å². The van der Waals surface area contributed by atoms with Gasteiger partial charge in [0, 0.05) is 13.0 Å². The zero-order chi connectivity index (χ0) is 17.7. The first kappa shape index (κ1) is 23.1. The molecule has 0 aliphatic rings. The molecule has 0 spiro atoms. The number of unbranched alkanes of at least 4 members (excludes halogenated alkanes) is 7. The average molecular weight is 343 g/mol. The highest BCUT2D eigenvalue weighted by molar-refractivity contribution is 5.69. The van der Waals surface area contributed by atoms with Gasteiger partial charge in [-0.25, -0.2) is 0 Å². The molecule has 0 aromatic rings. The molecule has 0 aromatic carbocycles. The minimum atomic E-state index is -0.109. The molecule has 0 N–H and O–H groups in total. The molecule has 0 rings (SSSR count). The van der Waals surface area contributed by atoms with Gasteiger partial charge in [0.25, 0.3) is 0 Å². The van der Waals surface area contributed by atoms with Crippen LogP contribution >= 0.6 is 0 Å². The van der Waals surface area contributed by atoms with Gasteiger partial charge in [0.2, 0.25) is 0 Å². The number of allylic oxidation sites excluding steroid dienone is 2. The second-order valence-electron chi connectivity index (χ2n) is 5.95. The van der Waals surface area contributed by atoms with Crippen molar-refractivity contribution in [1.82, 2.24) is 0 Å². The molecule has 0 heterocycles. The second kappa shape index (κ2) is 20.2. The van der Waals surface area contributed by atoms with Crippen molar-refractivity contribution in [3.8, 4) is 0 Å². The Morgan fingerprint density at radius 3 is 2.12 bits per heavy atom. The normalized spacial score (nSPS) is 11.2. The fraction of sp³-hybridized carbons (Fsp3) is 0.850. The number of rotatable bonds is 18. The van der Waals surface area contributed by atoms with Crippen molar-refractivity contribution in [2.24, 2.45) is 0 Å². The predicted molar refractivity (Wildman–Crippen MR) is 99.3 cm³/mol. The maximum atomic E-state index is 11.5. The number of hydrogen-bond acceptors (Lipinski definition) is 4. The molecule has 0 saturated heterocycles. The fourth-order valence-corrected chi connectivity index (χ4v) is 2.27. The highest BCUT2D eigenvalue weighted by Crippen LogP contribution is 2.08. The van der Waals surface area contributed by atoms with Gasteiger partial charge in [-0.1, -0.05) is 51.2 Å². The molecule has 0 atom stereocenters. The molecule has 24 heavy (non-hydrogen) atoms. The van der Waals surface area contributed by atoms with Crippen molar-refractivity contribution in [3.05, 3.63) is 12.2 Å². The standard InChI is InChI=1S/C20H38O4/c1-3-5-6-7-8-9-10-11-12-13-14-15-20(21)24-19-18-23-17-16-22-4-2/h7-8H,3-6,9-19H2,1-2H3/b8-7-. The highest BCUT2D eigenvalue weighted by atomic mass is 16.6. The SMILES string of the molecule is CCCC/C=C\CCCCCCCC(=O)OCCOCCOCC. The summed E-state index contributed by atoms with van der Waals surface area (Å²) in [5.74, 6) is -0.109. The van der Waals surface area contributed by atoms with E-state index in [1.807, 2.05) is 6.92 Å². The van der Waals surface area contributed by atoms with Crippen molar-refractivity contribution < 1.29 is 19.0 Å². The van der Waals surface area contributed by atoms with Crippen molar-refractivity contribution >= 4 is 5.97 Å². The molecule has 0 aromatic heterocycles. The summed E-state index contributed by atoms with van der Waals surface area (Å²) in [5, 5.41) is 0. The summed E-state index contributed by atoms with van der Waals surface area (Å²) in [5.41, 5.74) is 0. The number of ether oxygens (including phenoxy) is 3. The van der Waals surface area contributed by atoms with Crippen LogP contribution in [0.5, 0.6) is 0 Å². The molecular weight excluding hydrogens is 304 g/mol. The first-order chi connectivity index (χ1) is 11.8. The molecular formula is C20H38O4. The van der Waals surface area contributed by atoms with Gasteiger partial charge < -0.3 is 14.2 Å². The van der Waals surface area contributed by atoms with Gasteiger partial charge in [0.05, 0.1) is 19.8 Å². The maximum Gasteiger partial charge on any atom is 0.305 e. The van der Waals surface area contributed by atoms with Crippen LogP contribution in [-0.2, 0) is 19.0 Å². The zero-order valence-corrected chi connectivity index (χ0v) is 15.9. The van der Waals surface area contributed by atoms with Crippen molar-refractivity contribution in [2.45, 2.75) is 78.1 Å². The molecule has 0 saturated carbocycles. The summed E-state index contributed by atoms with van der Waals surface area (Å²) in [6.07, 6.45) is 15.9. The summed E-state index contributed by atoms with van der Waals surface area (Å²) in [7, 11) is 0. The Morgan fingerprint density at radius 2 is 1.38 bits per heavy atom. The third-order valence-corrected chi connectivity index (χ3v) is 3.71. The summed E-state index contributed by atoms with van der Waals surface area (Å²) in [6, 6.07) is 0. The van der Waals surface area contributed by atoms with E-state index in [0.717, 1.165) is 12.8 Å². The molecule has 0 radical (unpaired) electrons. The van der Waals surface area contributed by atoms with Crippen LogP contribution in [0.2, 0.25) is 0 Å². The van der Waals surface area contributed by atoms with E-state index in [2.05, 4.69) is 19.1 Å². The van der Waals surface area contributed by atoms with Gasteiger partial charge in [-0.15, -0.1) is 0 Å². The lowest BCUT2D eigenvalue weighted by Gasteiger charge is -2.06.